The molecule has 0 spiro atoms. The molecule has 0 heterocycles. The normalized spacial score (nSPS) is 17.8. The van der Waals surface area contributed by atoms with Gasteiger partial charge in [0.25, 0.3) is 0 Å². The molecular weight excluding hydrogens is 464 g/mol. The minimum Gasteiger partial charge on any atom is -0.443 e. The lowest BCUT2D eigenvalue weighted by atomic mass is 10.0. The lowest BCUT2D eigenvalue weighted by Gasteiger charge is -2.29. The van der Waals surface area contributed by atoms with Crippen molar-refractivity contribution in [2.24, 2.45) is 5.92 Å². The molecule has 37 heavy (non-hydrogen) atoms. The lowest BCUT2D eigenvalue weighted by molar-refractivity contribution is -0.000290. The molecule has 2 aromatic carbocycles. The van der Waals surface area contributed by atoms with Crippen LogP contribution in [0.5, 0.6) is 0 Å². The van der Waals surface area contributed by atoms with Crippen molar-refractivity contribution in [3.8, 4) is 0 Å². The number of carbonyl (C=O) groups is 2. The molecular formula is C31H42N2O4. The largest absolute Gasteiger partial charge is 0.443 e. The number of hydrogen-bond acceptors (Lipinski definition) is 5. The lowest BCUT2D eigenvalue weighted by Crippen LogP contribution is -2.43. The molecule has 6 nitrogen and oxygen atoms in total. The average Bonchev–Trinajstić information content (AvgIpc) is 3.58. The van der Waals surface area contributed by atoms with E-state index in [0.717, 1.165) is 28.9 Å². The minimum absolute atomic E-state index is 0.0733. The Morgan fingerprint density at radius 2 is 1.43 bits per heavy atom. The van der Waals surface area contributed by atoms with Gasteiger partial charge in [-0.25, -0.2) is 14.5 Å². The van der Waals surface area contributed by atoms with Crippen molar-refractivity contribution in [1.82, 2.24) is 10.2 Å². The van der Waals surface area contributed by atoms with Gasteiger partial charge in [-0.05, 0) is 77.0 Å². The average molecular weight is 507 g/mol. The Morgan fingerprint density at radius 1 is 0.892 bits per heavy atom. The van der Waals surface area contributed by atoms with Gasteiger partial charge in [-0.2, -0.15) is 0 Å². The van der Waals surface area contributed by atoms with Crippen LogP contribution in [0.1, 0.15) is 78.0 Å². The van der Waals surface area contributed by atoms with Crippen molar-refractivity contribution >= 4 is 18.3 Å². The van der Waals surface area contributed by atoms with Gasteiger partial charge in [0.05, 0.1) is 6.54 Å². The van der Waals surface area contributed by atoms with E-state index in [4.69, 9.17) is 9.47 Å². The molecule has 2 aromatic rings. The van der Waals surface area contributed by atoms with E-state index in [9.17, 15) is 9.59 Å². The number of hydrogen-bond donors (Lipinski definition) is 1. The highest BCUT2D eigenvalue weighted by molar-refractivity contribution is 5.88. The van der Waals surface area contributed by atoms with E-state index >= 15 is 0 Å². The van der Waals surface area contributed by atoms with Crippen molar-refractivity contribution < 1.29 is 19.1 Å². The molecule has 1 aliphatic rings. The van der Waals surface area contributed by atoms with Crippen LogP contribution in [-0.2, 0) is 22.6 Å². The zero-order valence-corrected chi connectivity index (χ0v) is 23.3. The maximum absolute atomic E-state index is 13.0. The molecule has 2 atom stereocenters. The van der Waals surface area contributed by atoms with Gasteiger partial charge in [-0.1, -0.05) is 73.2 Å². The van der Waals surface area contributed by atoms with Crippen molar-refractivity contribution in [2.75, 3.05) is 0 Å². The summed E-state index contributed by atoms with van der Waals surface area (Å²) >= 11 is 0. The van der Waals surface area contributed by atoms with Crippen LogP contribution in [0, 0.1) is 5.92 Å². The minimum atomic E-state index is -0.732. The Hall–Kier alpha value is -3.12. The zero-order valence-electron chi connectivity index (χ0n) is 23.3. The van der Waals surface area contributed by atoms with Crippen molar-refractivity contribution in [3.05, 3.63) is 76.9 Å². The monoisotopic (exact) mass is 506 g/mol. The zero-order chi connectivity index (χ0) is 27.2. The molecule has 0 saturated heterocycles. The molecule has 200 valence electrons. The molecule has 0 radical (unpaired) electrons. The highest BCUT2D eigenvalue weighted by Gasteiger charge is 2.38. The van der Waals surface area contributed by atoms with Crippen LogP contribution in [0.3, 0.4) is 0 Å². The van der Waals surface area contributed by atoms with E-state index in [2.05, 4.69) is 42.6 Å². The first-order valence-electron chi connectivity index (χ1n) is 13.2. The van der Waals surface area contributed by atoms with Gasteiger partial charge in [0.15, 0.2) is 0 Å². The quantitative estimate of drug-likeness (QED) is 0.406. The predicted molar refractivity (Wildman–Crippen MR) is 148 cm³/mol. The van der Waals surface area contributed by atoms with Crippen LogP contribution >= 0.6 is 0 Å². The Bertz CT molecular complexity index is 1070. The highest BCUT2D eigenvalue weighted by Crippen LogP contribution is 2.40. The van der Waals surface area contributed by atoms with Gasteiger partial charge < -0.3 is 14.8 Å². The second kappa shape index (κ2) is 12.0. The van der Waals surface area contributed by atoms with Crippen LogP contribution in [0.2, 0.25) is 0 Å². The summed E-state index contributed by atoms with van der Waals surface area (Å²) in [6.45, 7) is 13.6. The van der Waals surface area contributed by atoms with Crippen LogP contribution < -0.4 is 5.32 Å². The molecule has 0 aromatic heterocycles. The molecule has 1 fully saturated rings. The van der Waals surface area contributed by atoms with Gasteiger partial charge in [-0.15, -0.1) is 0 Å². The third kappa shape index (κ3) is 9.04. The summed E-state index contributed by atoms with van der Waals surface area (Å²) in [5, 5.41) is 3.68. The fourth-order valence-electron chi connectivity index (χ4n) is 4.20. The smallest absolute Gasteiger partial charge is 0.420 e. The van der Waals surface area contributed by atoms with Gasteiger partial charge in [0.1, 0.15) is 11.2 Å². The van der Waals surface area contributed by atoms with Crippen LogP contribution in [-0.4, -0.2) is 34.3 Å². The summed E-state index contributed by atoms with van der Waals surface area (Å²) < 4.78 is 11.0. The summed E-state index contributed by atoms with van der Waals surface area (Å²) in [6, 6.07) is 18.7. The molecule has 0 aliphatic heterocycles. The van der Waals surface area contributed by atoms with E-state index < -0.39 is 23.4 Å². The number of nitrogens with zero attached hydrogens (tertiary/aromatic N) is 1. The van der Waals surface area contributed by atoms with E-state index in [1.54, 1.807) is 41.5 Å². The van der Waals surface area contributed by atoms with Gasteiger partial charge in [-0.3, -0.25) is 0 Å². The predicted octanol–water partition coefficient (Wildman–Crippen LogP) is 7.33. The molecule has 1 saturated carbocycles. The van der Waals surface area contributed by atoms with Gasteiger partial charge >= 0.3 is 12.2 Å². The topological polar surface area (TPSA) is 67.9 Å². The summed E-state index contributed by atoms with van der Waals surface area (Å²) in [4.78, 5) is 27.0. The molecule has 6 heteroatoms. The van der Waals surface area contributed by atoms with Crippen LogP contribution in [0.4, 0.5) is 9.59 Å². The van der Waals surface area contributed by atoms with Crippen molar-refractivity contribution in [1.29, 1.82) is 0 Å². The van der Waals surface area contributed by atoms with E-state index in [-0.39, 0.29) is 6.54 Å². The summed E-state index contributed by atoms with van der Waals surface area (Å²) in [5.41, 5.74) is 3.14. The summed E-state index contributed by atoms with van der Waals surface area (Å²) in [7, 11) is 0. The third-order valence-electron chi connectivity index (χ3n) is 6.06. The standard InChI is InChI=1S/C31H42N2O4/c1-8-23(18-22-14-10-9-11-15-22)26-19-27(26)32-20-24-16-12-13-17-25(24)21-33(28(34)36-30(2,3)4)29(35)37-31(5,6)7/h9-18,26-27,32H,8,19-21H2,1-7H3/t26?,27-/m0/s1. The number of ether oxygens (including phenoxy) is 2. The number of benzene rings is 2. The first kappa shape index (κ1) is 28.5. The Balaban J connectivity index is 1.70. The molecule has 1 N–H and O–H groups in total. The summed E-state index contributed by atoms with van der Waals surface area (Å²) in [5.74, 6) is 0.525. The van der Waals surface area contributed by atoms with Gasteiger partial charge in [0, 0.05) is 12.6 Å². The van der Waals surface area contributed by atoms with E-state index in [1.165, 1.54) is 11.1 Å². The van der Waals surface area contributed by atoms with Crippen LogP contribution in [0.25, 0.3) is 6.08 Å². The fourth-order valence-corrected chi connectivity index (χ4v) is 4.20. The first-order chi connectivity index (χ1) is 17.4. The van der Waals surface area contributed by atoms with E-state index in [1.807, 2.05) is 30.3 Å². The molecule has 1 unspecified atom stereocenters. The second-order valence-electron chi connectivity index (χ2n) is 11.6. The van der Waals surface area contributed by atoms with Crippen molar-refractivity contribution in [2.45, 2.75) is 91.6 Å². The maximum Gasteiger partial charge on any atom is 0.420 e. The first-order valence-corrected chi connectivity index (χ1v) is 13.2. The van der Waals surface area contributed by atoms with E-state index in [0.29, 0.717) is 18.5 Å². The SMILES string of the molecule is CCC(=Cc1ccccc1)C1C[C@@H]1NCc1ccccc1CN(C(=O)OC(C)(C)C)C(=O)OC(C)(C)C. The molecule has 0 bridgehead atoms. The van der Waals surface area contributed by atoms with Gasteiger partial charge in [0.2, 0.25) is 0 Å². The number of rotatable bonds is 8. The molecule has 1 aliphatic carbocycles. The van der Waals surface area contributed by atoms with Crippen molar-refractivity contribution in [3.63, 3.8) is 0 Å². The Kier molecular flexibility index (Phi) is 9.19. The fraction of sp³-hybridized carbons (Fsp3) is 0.484. The maximum atomic E-state index is 13.0. The number of nitrogens with one attached hydrogen (secondary N) is 1. The molecule has 2 amide bonds. The molecule has 3 rings (SSSR count). The number of imide groups is 1. The Morgan fingerprint density at radius 3 is 1.97 bits per heavy atom. The third-order valence-corrected chi connectivity index (χ3v) is 6.06. The highest BCUT2D eigenvalue weighted by atomic mass is 16.6. The second-order valence-corrected chi connectivity index (χ2v) is 11.6. The number of carbonyl (C=O) groups excluding carboxylic acids is 2. The van der Waals surface area contributed by atoms with Crippen LogP contribution in [0.15, 0.2) is 60.2 Å². The Labute approximate surface area is 222 Å². The number of amides is 2. The summed E-state index contributed by atoms with van der Waals surface area (Å²) in [6.07, 6.45) is 3.00.